The summed E-state index contributed by atoms with van der Waals surface area (Å²) in [5, 5.41) is 0. The Kier molecular flexibility index (Phi) is 4.96. The maximum Gasteiger partial charge on any atom is 0.246 e. The maximum absolute atomic E-state index is 13.1. The van der Waals surface area contributed by atoms with Crippen molar-refractivity contribution >= 4 is 17.5 Å². The van der Waals surface area contributed by atoms with Gasteiger partial charge in [-0.2, -0.15) is 0 Å². The lowest BCUT2D eigenvalue weighted by Crippen LogP contribution is -2.54. The third-order valence-corrected chi connectivity index (χ3v) is 6.69. The Morgan fingerprint density at radius 2 is 1.92 bits per heavy atom. The Bertz CT molecular complexity index is 649. The zero-order chi connectivity index (χ0) is 18.0. The topological polar surface area (TPSA) is 53.5 Å². The summed E-state index contributed by atoms with van der Waals surface area (Å²) in [4.78, 5) is 33.4. The fourth-order valence-corrected chi connectivity index (χ4v) is 5.32. The van der Waals surface area contributed by atoms with Crippen LogP contribution >= 0.6 is 0 Å². The minimum Gasteiger partial charge on any atom is -0.331 e. The van der Waals surface area contributed by atoms with E-state index in [0.717, 1.165) is 18.5 Å². The van der Waals surface area contributed by atoms with E-state index in [9.17, 15) is 9.59 Å². The van der Waals surface area contributed by atoms with Gasteiger partial charge in [0.1, 0.15) is 6.54 Å². The first-order chi connectivity index (χ1) is 12.7. The summed E-state index contributed by atoms with van der Waals surface area (Å²) in [7, 11) is 0. The standard InChI is InChI=1S/C21H29N3O2/c25-19-16-23(12-13-24(19)18-7-5-11-22-15-18)20(26)17-6-4-10-21(14-17)8-2-1-3-9-21/h5,7,11,15,17H,1-4,6,8-10,12-14,16H2. The molecule has 4 rings (SSSR count). The first kappa shape index (κ1) is 17.5. The fraction of sp³-hybridized carbons (Fsp3) is 0.667. The molecule has 1 atom stereocenters. The second kappa shape index (κ2) is 7.37. The van der Waals surface area contributed by atoms with Crippen molar-refractivity contribution in [2.24, 2.45) is 11.3 Å². The summed E-state index contributed by atoms with van der Waals surface area (Å²) >= 11 is 0. The van der Waals surface area contributed by atoms with Crippen molar-refractivity contribution in [3.8, 4) is 0 Å². The molecule has 1 spiro atoms. The monoisotopic (exact) mass is 355 g/mol. The average molecular weight is 355 g/mol. The third kappa shape index (κ3) is 3.49. The molecule has 5 nitrogen and oxygen atoms in total. The Morgan fingerprint density at radius 1 is 1.12 bits per heavy atom. The molecule has 5 heteroatoms. The van der Waals surface area contributed by atoms with Crippen molar-refractivity contribution in [3.63, 3.8) is 0 Å². The number of rotatable bonds is 2. The molecule has 2 saturated carbocycles. The third-order valence-electron chi connectivity index (χ3n) is 6.69. The number of hydrogen-bond donors (Lipinski definition) is 0. The molecule has 26 heavy (non-hydrogen) atoms. The number of pyridine rings is 1. The van der Waals surface area contributed by atoms with Gasteiger partial charge in [0.15, 0.2) is 0 Å². The molecule has 140 valence electrons. The highest BCUT2D eigenvalue weighted by molar-refractivity contribution is 5.98. The van der Waals surface area contributed by atoms with Crippen LogP contribution in [0.4, 0.5) is 5.69 Å². The summed E-state index contributed by atoms with van der Waals surface area (Å²) in [5.41, 5.74) is 1.24. The predicted octanol–water partition coefficient (Wildman–Crippen LogP) is 3.40. The summed E-state index contributed by atoms with van der Waals surface area (Å²) < 4.78 is 0. The van der Waals surface area contributed by atoms with Gasteiger partial charge in [-0.1, -0.05) is 25.7 Å². The van der Waals surface area contributed by atoms with Crippen LogP contribution in [0.15, 0.2) is 24.5 Å². The van der Waals surface area contributed by atoms with Gasteiger partial charge < -0.3 is 9.80 Å². The molecular formula is C21H29N3O2. The predicted molar refractivity (Wildman–Crippen MR) is 101 cm³/mol. The largest absolute Gasteiger partial charge is 0.331 e. The lowest BCUT2D eigenvalue weighted by Gasteiger charge is -2.45. The first-order valence-corrected chi connectivity index (χ1v) is 10.2. The highest BCUT2D eigenvalue weighted by Gasteiger charge is 2.41. The number of carbonyl (C=O) groups is 2. The average Bonchev–Trinajstić information content (AvgIpc) is 2.68. The molecule has 0 radical (unpaired) electrons. The fourth-order valence-electron chi connectivity index (χ4n) is 5.32. The van der Waals surface area contributed by atoms with Crippen LogP contribution < -0.4 is 4.90 Å². The molecule has 1 aromatic rings. The molecule has 1 aromatic heterocycles. The maximum atomic E-state index is 13.1. The Balaban J connectivity index is 1.39. The van der Waals surface area contributed by atoms with Crippen molar-refractivity contribution in [1.82, 2.24) is 9.88 Å². The molecule has 1 saturated heterocycles. The van der Waals surface area contributed by atoms with Crippen LogP contribution in [0.3, 0.4) is 0 Å². The van der Waals surface area contributed by atoms with Gasteiger partial charge in [0.25, 0.3) is 0 Å². The van der Waals surface area contributed by atoms with Gasteiger partial charge in [-0.05, 0) is 49.7 Å². The zero-order valence-corrected chi connectivity index (χ0v) is 15.5. The minimum absolute atomic E-state index is 0.000731. The van der Waals surface area contributed by atoms with Crippen LogP contribution in [0.25, 0.3) is 0 Å². The summed E-state index contributed by atoms with van der Waals surface area (Å²) in [6.45, 7) is 1.40. The van der Waals surface area contributed by atoms with Gasteiger partial charge in [0.05, 0.1) is 11.9 Å². The number of piperazine rings is 1. The lowest BCUT2D eigenvalue weighted by molar-refractivity contribution is -0.142. The van der Waals surface area contributed by atoms with E-state index in [1.807, 2.05) is 17.0 Å². The number of carbonyl (C=O) groups excluding carboxylic acids is 2. The van der Waals surface area contributed by atoms with E-state index in [4.69, 9.17) is 0 Å². The van der Waals surface area contributed by atoms with Gasteiger partial charge in [-0.25, -0.2) is 0 Å². The van der Waals surface area contributed by atoms with E-state index in [2.05, 4.69) is 4.98 Å². The van der Waals surface area contributed by atoms with Crippen molar-refractivity contribution in [3.05, 3.63) is 24.5 Å². The van der Waals surface area contributed by atoms with Crippen molar-refractivity contribution in [2.75, 3.05) is 24.5 Å². The second-order valence-corrected chi connectivity index (χ2v) is 8.37. The van der Waals surface area contributed by atoms with Crippen molar-refractivity contribution in [2.45, 2.75) is 57.8 Å². The highest BCUT2D eigenvalue weighted by atomic mass is 16.2. The van der Waals surface area contributed by atoms with E-state index < -0.39 is 0 Å². The van der Waals surface area contributed by atoms with Gasteiger partial charge >= 0.3 is 0 Å². The van der Waals surface area contributed by atoms with Crippen molar-refractivity contribution in [1.29, 1.82) is 0 Å². The van der Waals surface area contributed by atoms with Crippen LogP contribution in [0, 0.1) is 11.3 Å². The minimum atomic E-state index is 0.000731. The normalized spacial score (nSPS) is 26.2. The zero-order valence-electron chi connectivity index (χ0n) is 15.5. The van der Waals surface area contributed by atoms with Gasteiger partial charge in [0, 0.05) is 25.2 Å². The van der Waals surface area contributed by atoms with E-state index in [0.29, 0.717) is 18.5 Å². The highest BCUT2D eigenvalue weighted by Crippen LogP contribution is 2.49. The number of nitrogens with zero attached hydrogens (tertiary/aromatic N) is 3. The summed E-state index contributed by atoms with van der Waals surface area (Å²) in [6.07, 6.45) is 14.5. The second-order valence-electron chi connectivity index (χ2n) is 8.37. The van der Waals surface area contributed by atoms with E-state index >= 15 is 0 Å². The number of hydrogen-bond acceptors (Lipinski definition) is 3. The molecule has 0 N–H and O–H groups in total. The van der Waals surface area contributed by atoms with Crippen LogP contribution in [0.5, 0.6) is 0 Å². The summed E-state index contributed by atoms with van der Waals surface area (Å²) in [5.74, 6) is 0.342. The summed E-state index contributed by atoms with van der Waals surface area (Å²) in [6, 6.07) is 3.74. The van der Waals surface area contributed by atoms with E-state index in [1.54, 1.807) is 17.3 Å². The Hall–Kier alpha value is -1.91. The molecule has 0 aromatic carbocycles. The molecule has 2 heterocycles. The van der Waals surface area contributed by atoms with Crippen LogP contribution in [-0.4, -0.2) is 41.3 Å². The molecular weight excluding hydrogens is 326 g/mol. The molecule has 0 bridgehead atoms. The molecule has 3 aliphatic rings. The quantitative estimate of drug-likeness (QED) is 0.817. The van der Waals surface area contributed by atoms with Crippen LogP contribution in [0.2, 0.25) is 0 Å². The van der Waals surface area contributed by atoms with Crippen LogP contribution in [-0.2, 0) is 9.59 Å². The van der Waals surface area contributed by atoms with E-state index in [1.165, 1.54) is 44.9 Å². The molecule has 1 aliphatic heterocycles. The molecule has 1 unspecified atom stereocenters. The van der Waals surface area contributed by atoms with Gasteiger partial charge in [-0.15, -0.1) is 0 Å². The number of amides is 2. The smallest absolute Gasteiger partial charge is 0.246 e. The number of aromatic nitrogens is 1. The van der Waals surface area contributed by atoms with E-state index in [-0.39, 0.29) is 24.3 Å². The SMILES string of the molecule is O=C(C1CCCC2(CCCCC2)C1)N1CCN(c2cccnc2)C(=O)C1. The van der Waals surface area contributed by atoms with Crippen molar-refractivity contribution < 1.29 is 9.59 Å². The lowest BCUT2D eigenvalue weighted by atomic mass is 9.62. The van der Waals surface area contributed by atoms with Gasteiger partial charge in [0.2, 0.25) is 11.8 Å². The number of anilines is 1. The van der Waals surface area contributed by atoms with Gasteiger partial charge in [-0.3, -0.25) is 14.6 Å². The Labute approximate surface area is 155 Å². The molecule has 3 fully saturated rings. The molecule has 2 amide bonds. The Morgan fingerprint density at radius 3 is 2.65 bits per heavy atom. The first-order valence-electron chi connectivity index (χ1n) is 10.2. The molecule has 2 aliphatic carbocycles. The van der Waals surface area contributed by atoms with Crippen LogP contribution in [0.1, 0.15) is 57.8 Å².